The molecule has 2 aliphatic rings. The van der Waals surface area contributed by atoms with Gasteiger partial charge in [-0.25, -0.2) is 4.98 Å². The molecule has 1 heterocycles. The number of amides is 1. The van der Waals surface area contributed by atoms with Crippen molar-refractivity contribution in [3.63, 3.8) is 0 Å². The Balaban J connectivity index is 1.56. The van der Waals surface area contributed by atoms with E-state index in [1.165, 1.54) is 43.5 Å². The van der Waals surface area contributed by atoms with E-state index in [4.69, 9.17) is 0 Å². The van der Waals surface area contributed by atoms with Crippen LogP contribution >= 0.6 is 11.8 Å². The number of carbonyl (C=O) groups excluding carboxylic acids is 1. The number of thioether (sulfide) groups is 1. The number of fused-ring (bicyclic) bond motifs is 2. The van der Waals surface area contributed by atoms with Crippen molar-refractivity contribution in [3.05, 3.63) is 22.1 Å². The third-order valence-electron chi connectivity index (χ3n) is 5.74. The highest BCUT2D eigenvalue weighted by Gasteiger charge is 2.42. The van der Waals surface area contributed by atoms with Gasteiger partial charge >= 0.3 is 0 Å². The maximum absolute atomic E-state index is 12.6. The van der Waals surface area contributed by atoms with E-state index >= 15 is 0 Å². The number of aryl methyl sites for hydroxylation is 1. The average Bonchev–Trinajstić information content (AvgIpc) is 3.17. The molecule has 0 aliphatic heterocycles. The Morgan fingerprint density at radius 3 is 2.84 bits per heavy atom. The zero-order valence-corrected chi connectivity index (χ0v) is 16.2. The average molecular weight is 364 g/mol. The molecule has 1 amide bonds. The number of hydrogen-bond acceptors (Lipinski definition) is 4. The Kier molecular flexibility index (Phi) is 5.87. The Labute approximate surface area is 153 Å². The van der Waals surface area contributed by atoms with Gasteiger partial charge in [0.2, 0.25) is 5.91 Å². The normalized spacial score (nSPS) is 27.2. The first-order valence-electron chi connectivity index (χ1n) is 9.53. The molecule has 0 saturated heterocycles. The SMILES string of the molecule is CCCc1cc(=O)[nH]c(SC(C)C(=O)NC(C)C2CC3CCC2C3)n1. The van der Waals surface area contributed by atoms with Crippen LogP contribution in [-0.2, 0) is 11.2 Å². The first-order chi connectivity index (χ1) is 12.0. The summed E-state index contributed by atoms with van der Waals surface area (Å²) in [6, 6.07) is 1.76. The van der Waals surface area contributed by atoms with Gasteiger partial charge in [0.05, 0.1) is 5.25 Å². The van der Waals surface area contributed by atoms with Gasteiger partial charge in [0, 0.05) is 17.8 Å². The van der Waals surface area contributed by atoms with Crippen molar-refractivity contribution in [2.24, 2.45) is 17.8 Å². The summed E-state index contributed by atoms with van der Waals surface area (Å²) in [6.45, 7) is 6.07. The second-order valence-electron chi connectivity index (χ2n) is 7.69. The Hall–Kier alpha value is -1.30. The van der Waals surface area contributed by atoms with Crippen molar-refractivity contribution in [3.8, 4) is 0 Å². The largest absolute Gasteiger partial charge is 0.352 e. The van der Waals surface area contributed by atoms with Crippen LogP contribution < -0.4 is 10.9 Å². The van der Waals surface area contributed by atoms with Crippen LogP contribution in [0, 0.1) is 17.8 Å². The van der Waals surface area contributed by atoms with Crippen molar-refractivity contribution >= 4 is 17.7 Å². The minimum Gasteiger partial charge on any atom is -0.352 e. The second kappa shape index (κ2) is 7.94. The van der Waals surface area contributed by atoms with E-state index in [1.807, 2.05) is 6.92 Å². The predicted molar refractivity (Wildman–Crippen MR) is 101 cm³/mol. The molecule has 1 aromatic rings. The number of aromatic nitrogens is 2. The monoisotopic (exact) mass is 363 g/mol. The summed E-state index contributed by atoms with van der Waals surface area (Å²) in [7, 11) is 0. The fourth-order valence-electron chi connectivity index (χ4n) is 4.50. The van der Waals surface area contributed by atoms with E-state index < -0.39 is 0 Å². The standard InChI is InChI=1S/C19H29N3O2S/c1-4-5-15-10-17(23)22-19(21-15)25-12(3)18(24)20-11(2)16-9-13-6-7-14(16)8-13/h10-14,16H,4-9H2,1-3H3,(H,20,24)(H,21,22,23). The number of H-pyrrole nitrogens is 1. The molecule has 5 unspecified atom stereocenters. The molecule has 2 bridgehead atoms. The van der Waals surface area contributed by atoms with Gasteiger partial charge in [0.15, 0.2) is 5.16 Å². The Morgan fingerprint density at radius 1 is 1.40 bits per heavy atom. The molecular formula is C19H29N3O2S. The number of nitrogens with one attached hydrogen (secondary N) is 2. The Bertz CT molecular complexity index is 675. The molecular weight excluding hydrogens is 334 g/mol. The quantitative estimate of drug-likeness (QED) is 0.576. The lowest BCUT2D eigenvalue weighted by atomic mass is 9.84. The summed E-state index contributed by atoms with van der Waals surface area (Å²) in [4.78, 5) is 31.5. The lowest BCUT2D eigenvalue weighted by molar-refractivity contribution is -0.121. The minimum atomic E-state index is -0.277. The molecule has 0 radical (unpaired) electrons. The zero-order valence-electron chi connectivity index (χ0n) is 15.4. The summed E-state index contributed by atoms with van der Waals surface area (Å²) in [5.74, 6) is 2.35. The van der Waals surface area contributed by atoms with Crippen molar-refractivity contribution in [1.29, 1.82) is 0 Å². The van der Waals surface area contributed by atoms with Gasteiger partial charge in [-0.3, -0.25) is 9.59 Å². The third kappa shape index (κ3) is 4.46. The number of carbonyl (C=O) groups is 1. The van der Waals surface area contributed by atoms with E-state index in [1.54, 1.807) is 0 Å². The van der Waals surface area contributed by atoms with Gasteiger partial charge in [-0.2, -0.15) is 0 Å². The maximum atomic E-state index is 12.6. The van der Waals surface area contributed by atoms with Gasteiger partial charge in [-0.1, -0.05) is 31.5 Å². The molecule has 2 aliphatic carbocycles. The first-order valence-corrected chi connectivity index (χ1v) is 10.4. The minimum absolute atomic E-state index is 0.0313. The van der Waals surface area contributed by atoms with Gasteiger partial charge in [-0.05, 0) is 57.3 Å². The van der Waals surface area contributed by atoms with Crippen molar-refractivity contribution in [2.75, 3.05) is 0 Å². The van der Waals surface area contributed by atoms with Crippen LogP contribution in [0.15, 0.2) is 16.0 Å². The number of rotatable bonds is 7. The van der Waals surface area contributed by atoms with Crippen molar-refractivity contribution in [2.45, 2.75) is 75.7 Å². The lowest BCUT2D eigenvalue weighted by Crippen LogP contribution is -2.43. The zero-order chi connectivity index (χ0) is 18.0. The molecule has 0 aromatic carbocycles. The summed E-state index contributed by atoms with van der Waals surface area (Å²) in [5, 5.41) is 3.46. The molecule has 25 heavy (non-hydrogen) atoms. The molecule has 6 heteroatoms. The summed E-state index contributed by atoms with van der Waals surface area (Å²) in [6.07, 6.45) is 7.04. The van der Waals surface area contributed by atoms with Gasteiger partial charge in [0.1, 0.15) is 0 Å². The number of hydrogen-bond donors (Lipinski definition) is 2. The fraction of sp³-hybridized carbons (Fsp3) is 0.737. The number of nitrogens with zero attached hydrogens (tertiary/aromatic N) is 1. The van der Waals surface area contributed by atoms with Crippen LogP contribution in [-0.4, -0.2) is 27.2 Å². The van der Waals surface area contributed by atoms with Crippen LogP contribution in [0.5, 0.6) is 0 Å². The molecule has 138 valence electrons. The van der Waals surface area contributed by atoms with E-state index in [0.717, 1.165) is 30.4 Å². The molecule has 1 aromatic heterocycles. The maximum Gasteiger partial charge on any atom is 0.251 e. The summed E-state index contributed by atoms with van der Waals surface area (Å²) < 4.78 is 0. The van der Waals surface area contributed by atoms with E-state index in [9.17, 15) is 9.59 Å². The van der Waals surface area contributed by atoms with Crippen LogP contribution in [0.2, 0.25) is 0 Å². The van der Waals surface area contributed by atoms with Gasteiger partial charge in [0.25, 0.3) is 5.56 Å². The smallest absolute Gasteiger partial charge is 0.251 e. The second-order valence-corrected chi connectivity index (χ2v) is 9.02. The Morgan fingerprint density at radius 2 is 2.20 bits per heavy atom. The predicted octanol–water partition coefficient (Wildman–Crippen LogP) is 3.14. The highest BCUT2D eigenvalue weighted by Crippen LogP contribution is 2.49. The molecule has 3 rings (SSSR count). The highest BCUT2D eigenvalue weighted by atomic mass is 32.2. The highest BCUT2D eigenvalue weighted by molar-refractivity contribution is 8.00. The van der Waals surface area contributed by atoms with Crippen LogP contribution in [0.25, 0.3) is 0 Å². The molecule has 2 N–H and O–H groups in total. The number of aromatic amines is 1. The fourth-order valence-corrected chi connectivity index (χ4v) is 5.34. The lowest BCUT2D eigenvalue weighted by Gasteiger charge is -2.29. The molecule has 2 saturated carbocycles. The molecule has 5 nitrogen and oxygen atoms in total. The van der Waals surface area contributed by atoms with Crippen molar-refractivity contribution < 1.29 is 4.79 Å². The molecule has 2 fully saturated rings. The first kappa shape index (κ1) is 18.5. The van der Waals surface area contributed by atoms with Gasteiger partial charge < -0.3 is 10.3 Å². The third-order valence-corrected chi connectivity index (χ3v) is 6.73. The van der Waals surface area contributed by atoms with Crippen LogP contribution in [0.4, 0.5) is 0 Å². The van der Waals surface area contributed by atoms with E-state index in [-0.39, 0.29) is 22.8 Å². The van der Waals surface area contributed by atoms with Gasteiger partial charge in [-0.15, -0.1) is 0 Å². The van der Waals surface area contributed by atoms with Crippen LogP contribution in [0.1, 0.15) is 58.6 Å². The summed E-state index contributed by atoms with van der Waals surface area (Å²) in [5.41, 5.74) is 0.639. The summed E-state index contributed by atoms with van der Waals surface area (Å²) >= 11 is 1.33. The molecule has 0 spiro atoms. The van der Waals surface area contributed by atoms with E-state index in [2.05, 4.69) is 29.1 Å². The van der Waals surface area contributed by atoms with Crippen LogP contribution in [0.3, 0.4) is 0 Å². The topological polar surface area (TPSA) is 74.8 Å². The van der Waals surface area contributed by atoms with Crippen molar-refractivity contribution in [1.82, 2.24) is 15.3 Å². The molecule has 5 atom stereocenters. The van der Waals surface area contributed by atoms with E-state index in [0.29, 0.717) is 11.1 Å².